The molecule has 1 aliphatic rings. The molecule has 7 heteroatoms. The van der Waals surface area contributed by atoms with E-state index in [1.165, 1.54) is 12.8 Å². The van der Waals surface area contributed by atoms with Crippen molar-refractivity contribution in [2.45, 2.75) is 38.6 Å². The summed E-state index contributed by atoms with van der Waals surface area (Å²) >= 11 is 0. The number of hydrogen-bond donors (Lipinski definition) is 1. The third kappa shape index (κ3) is 3.66. The Morgan fingerprint density at radius 2 is 2.03 bits per heavy atom. The first-order chi connectivity index (χ1) is 14.7. The Labute approximate surface area is 176 Å². The van der Waals surface area contributed by atoms with Gasteiger partial charge in [0.05, 0.1) is 26.1 Å². The van der Waals surface area contributed by atoms with Crippen LogP contribution >= 0.6 is 0 Å². The average molecular weight is 406 g/mol. The summed E-state index contributed by atoms with van der Waals surface area (Å²) in [6, 6.07) is 11.8. The van der Waals surface area contributed by atoms with E-state index in [-0.39, 0.29) is 6.04 Å². The van der Waals surface area contributed by atoms with Gasteiger partial charge in [0.2, 0.25) is 0 Å². The van der Waals surface area contributed by atoms with Crippen LogP contribution in [0.15, 0.2) is 36.5 Å². The van der Waals surface area contributed by atoms with Gasteiger partial charge in [0.1, 0.15) is 23.0 Å². The molecule has 4 rings (SSSR count). The van der Waals surface area contributed by atoms with Crippen molar-refractivity contribution in [2.24, 2.45) is 5.92 Å². The van der Waals surface area contributed by atoms with Gasteiger partial charge < -0.3 is 14.3 Å². The van der Waals surface area contributed by atoms with Crippen LogP contribution in [0.4, 0.5) is 0 Å². The summed E-state index contributed by atoms with van der Waals surface area (Å²) in [5.41, 5.74) is 5.93. The van der Waals surface area contributed by atoms with E-state index >= 15 is 0 Å². The first-order valence-electron chi connectivity index (χ1n) is 10.2. The van der Waals surface area contributed by atoms with E-state index in [0.29, 0.717) is 22.9 Å². The number of nitrogens with one attached hydrogen (secondary N) is 1. The van der Waals surface area contributed by atoms with Gasteiger partial charge in [-0.1, -0.05) is 19.4 Å². The zero-order valence-electron chi connectivity index (χ0n) is 17.5. The summed E-state index contributed by atoms with van der Waals surface area (Å²) in [6.45, 7) is 2.22. The van der Waals surface area contributed by atoms with E-state index in [1.54, 1.807) is 20.4 Å². The largest absolute Gasteiger partial charge is 0.495 e. The van der Waals surface area contributed by atoms with Crippen molar-refractivity contribution in [1.82, 2.24) is 14.9 Å². The fourth-order valence-corrected chi connectivity index (χ4v) is 4.16. The molecule has 0 saturated heterocycles. The highest BCUT2D eigenvalue weighted by atomic mass is 16.6. The second-order valence-corrected chi connectivity index (χ2v) is 7.57. The van der Waals surface area contributed by atoms with Gasteiger partial charge in [-0.05, 0) is 49.4 Å². The van der Waals surface area contributed by atoms with Gasteiger partial charge in [-0.2, -0.15) is 10.7 Å². The predicted octanol–water partition coefficient (Wildman–Crippen LogP) is 4.35. The Kier molecular flexibility index (Phi) is 5.77. The maximum atomic E-state index is 9.70. The van der Waals surface area contributed by atoms with Crippen molar-refractivity contribution in [3.05, 3.63) is 42.1 Å². The number of fused-ring (bicyclic) bond motifs is 1. The predicted molar refractivity (Wildman–Crippen MR) is 114 cm³/mol. The molecule has 156 valence electrons. The van der Waals surface area contributed by atoms with Crippen molar-refractivity contribution in [3.63, 3.8) is 0 Å². The Bertz CT molecular complexity index is 1090. The van der Waals surface area contributed by atoms with Gasteiger partial charge in [-0.25, -0.2) is 4.98 Å². The zero-order valence-corrected chi connectivity index (χ0v) is 17.5. The van der Waals surface area contributed by atoms with Crippen LogP contribution < -0.4 is 19.8 Å². The third-order valence-corrected chi connectivity index (χ3v) is 5.85. The van der Waals surface area contributed by atoms with Gasteiger partial charge in [0, 0.05) is 11.6 Å². The van der Waals surface area contributed by atoms with Crippen LogP contribution in [0.25, 0.3) is 16.9 Å². The van der Waals surface area contributed by atoms with E-state index in [4.69, 9.17) is 14.3 Å². The van der Waals surface area contributed by atoms with Gasteiger partial charge >= 0.3 is 0 Å². The molecule has 1 N–H and O–H groups in total. The summed E-state index contributed by atoms with van der Waals surface area (Å²) in [7, 11) is 3.18. The summed E-state index contributed by atoms with van der Waals surface area (Å²) in [5, 5.41) is 9.70. The summed E-state index contributed by atoms with van der Waals surface area (Å²) < 4.78 is 12.9. The molecule has 0 aliphatic heterocycles. The van der Waals surface area contributed by atoms with Crippen LogP contribution in [0.2, 0.25) is 0 Å². The fraction of sp³-hybridized carbons (Fsp3) is 0.391. The SMILES string of the molecule is CCC1CCC(NOc2cc(-c3cnc4cccc(OC)n34)cc(OC)c2C#N)C1. The molecular formula is C23H26N4O3. The van der Waals surface area contributed by atoms with E-state index < -0.39 is 0 Å². The van der Waals surface area contributed by atoms with Crippen LogP contribution in [0.1, 0.15) is 38.2 Å². The lowest BCUT2D eigenvalue weighted by molar-refractivity contribution is 0.153. The van der Waals surface area contributed by atoms with E-state index in [1.807, 2.05) is 34.7 Å². The third-order valence-electron chi connectivity index (χ3n) is 5.85. The van der Waals surface area contributed by atoms with Crippen molar-refractivity contribution in [3.8, 4) is 34.7 Å². The maximum absolute atomic E-state index is 9.70. The number of pyridine rings is 1. The van der Waals surface area contributed by atoms with Crippen molar-refractivity contribution in [2.75, 3.05) is 14.2 Å². The number of methoxy groups -OCH3 is 2. The lowest BCUT2D eigenvalue weighted by Gasteiger charge is -2.17. The number of imidazole rings is 1. The van der Waals surface area contributed by atoms with Crippen LogP contribution in [-0.4, -0.2) is 29.6 Å². The molecule has 0 bridgehead atoms. The minimum absolute atomic E-state index is 0.284. The summed E-state index contributed by atoms with van der Waals surface area (Å²) in [6.07, 6.45) is 6.31. The van der Waals surface area contributed by atoms with Crippen LogP contribution in [0.5, 0.6) is 17.4 Å². The molecule has 0 spiro atoms. The molecule has 1 saturated carbocycles. The summed E-state index contributed by atoms with van der Waals surface area (Å²) in [5.74, 6) is 2.29. The van der Waals surface area contributed by atoms with Gasteiger partial charge in [-0.3, -0.25) is 4.40 Å². The smallest absolute Gasteiger partial charge is 0.199 e. The number of ether oxygens (including phenoxy) is 2. The highest BCUT2D eigenvalue weighted by Gasteiger charge is 2.25. The second-order valence-electron chi connectivity index (χ2n) is 7.57. The van der Waals surface area contributed by atoms with Gasteiger partial charge in [0.15, 0.2) is 11.6 Å². The minimum atomic E-state index is 0.284. The van der Waals surface area contributed by atoms with Crippen LogP contribution in [0, 0.1) is 17.2 Å². The molecule has 2 heterocycles. The Hall–Kier alpha value is -3.24. The fourth-order valence-electron chi connectivity index (χ4n) is 4.16. The lowest BCUT2D eigenvalue weighted by atomic mass is 10.1. The number of benzene rings is 1. The standard InChI is InChI=1S/C23H26N4O3/c1-4-15-8-9-17(10-15)26-30-21-12-16(11-20(28-2)18(21)13-24)19-14-25-22-6-5-7-23(29-3)27(19)22/h5-7,11-12,14-15,17,26H,4,8-10H2,1-3H3. The molecule has 0 amide bonds. The second kappa shape index (κ2) is 8.64. The molecule has 2 unspecified atom stereocenters. The Balaban J connectivity index is 1.72. The molecule has 0 radical (unpaired) electrons. The highest BCUT2D eigenvalue weighted by molar-refractivity contribution is 5.71. The topological polar surface area (TPSA) is 80.8 Å². The van der Waals surface area contributed by atoms with E-state index in [9.17, 15) is 5.26 Å². The van der Waals surface area contributed by atoms with Crippen molar-refractivity contribution >= 4 is 5.65 Å². The minimum Gasteiger partial charge on any atom is -0.495 e. The van der Waals surface area contributed by atoms with E-state index in [0.717, 1.165) is 35.7 Å². The number of hydrogen-bond acceptors (Lipinski definition) is 6. The molecule has 30 heavy (non-hydrogen) atoms. The molecule has 2 atom stereocenters. The number of nitrogens with zero attached hydrogens (tertiary/aromatic N) is 3. The maximum Gasteiger partial charge on any atom is 0.199 e. The van der Waals surface area contributed by atoms with Crippen molar-refractivity contribution < 1.29 is 14.3 Å². The molecule has 1 aliphatic carbocycles. The molecule has 2 aromatic heterocycles. The number of nitriles is 1. The molecule has 1 fully saturated rings. The Morgan fingerprint density at radius 3 is 2.73 bits per heavy atom. The number of rotatable bonds is 7. The quantitative estimate of drug-likeness (QED) is 0.588. The highest BCUT2D eigenvalue weighted by Crippen LogP contribution is 2.36. The lowest BCUT2D eigenvalue weighted by Crippen LogP contribution is -2.30. The number of hydroxylamine groups is 1. The van der Waals surface area contributed by atoms with Gasteiger partial charge in [-0.15, -0.1) is 0 Å². The van der Waals surface area contributed by atoms with Gasteiger partial charge in [0.25, 0.3) is 0 Å². The molecule has 1 aromatic carbocycles. The first kappa shape index (κ1) is 20.0. The molecule has 3 aromatic rings. The monoisotopic (exact) mass is 406 g/mol. The molecule has 7 nitrogen and oxygen atoms in total. The van der Waals surface area contributed by atoms with Crippen LogP contribution in [-0.2, 0) is 0 Å². The van der Waals surface area contributed by atoms with Crippen molar-refractivity contribution in [1.29, 1.82) is 5.26 Å². The molecular weight excluding hydrogens is 380 g/mol. The first-order valence-corrected chi connectivity index (χ1v) is 10.2. The number of aromatic nitrogens is 2. The summed E-state index contributed by atoms with van der Waals surface area (Å²) in [4.78, 5) is 10.4. The van der Waals surface area contributed by atoms with Crippen LogP contribution in [0.3, 0.4) is 0 Å². The Morgan fingerprint density at radius 1 is 1.20 bits per heavy atom. The zero-order chi connectivity index (χ0) is 21.1. The average Bonchev–Trinajstić information content (AvgIpc) is 3.43. The normalized spacial score (nSPS) is 18.3. The van der Waals surface area contributed by atoms with E-state index in [2.05, 4.69) is 23.5 Å².